The number of carbonyl (C=O) groups excluding carboxylic acids is 1. The van der Waals surface area contributed by atoms with E-state index in [2.05, 4.69) is 41.8 Å². The van der Waals surface area contributed by atoms with Crippen LogP contribution in [0.25, 0.3) is 11.0 Å². The number of nitrogens with zero attached hydrogens (tertiary/aromatic N) is 3. The lowest BCUT2D eigenvalue weighted by Gasteiger charge is -2.36. The number of aromatic nitrogens is 3. The van der Waals surface area contributed by atoms with Gasteiger partial charge < -0.3 is 28.7 Å². The van der Waals surface area contributed by atoms with Gasteiger partial charge in [0.2, 0.25) is 0 Å². The van der Waals surface area contributed by atoms with E-state index in [4.69, 9.17) is 4.74 Å². The Morgan fingerprint density at radius 1 is 1.41 bits per heavy atom. The maximum Gasteiger partial charge on any atom is 0.348 e. The van der Waals surface area contributed by atoms with Gasteiger partial charge in [-0.2, -0.15) is 0 Å². The van der Waals surface area contributed by atoms with E-state index in [1.807, 2.05) is 19.3 Å². The Balaban J connectivity index is 0.00000261. The van der Waals surface area contributed by atoms with Crippen molar-refractivity contribution in [3.8, 4) is 0 Å². The first-order valence-corrected chi connectivity index (χ1v) is 9.92. The van der Waals surface area contributed by atoms with Crippen molar-refractivity contribution in [1.82, 2.24) is 9.55 Å². The molecule has 1 fully saturated rings. The minimum atomic E-state index is -0.126. The van der Waals surface area contributed by atoms with Crippen LogP contribution in [0.4, 0.5) is 0 Å². The molecule has 3 atom stereocenters. The summed E-state index contributed by atoms with van der Waals surface area (Å²) in [6.45, 7) is 9.12. The first-order valence-electron chi connectivity index (χ1n) is 9.92. The van der Waals surface area contributed by atoms with Crippen LogP contribution in [0.15, 0.2) is 18.5 Å². The number of rotatable bonds is 5. The van der Waals surface area contributed by atoms with Crippen LogP contribution < -0.4 is 28.5 Å². The third-order valence-corrected chi connectivity index (χ3v) is 5.98. The van der Waals surface area contributed by atoms with Gasteiger partial charge in [-0.1, -0.05) is 34.1 Å². The number of imidazole rings is 1. The average Bonchev–Trinajstić information content (AvgIpc) is 2.86. The zero-order chi connectivity index (χ0) is 18.8. The lowest BCUT2D eigenvalue weighted by atomic mass is 9.75. The monoisotopic (exact) mass is 485 g/mol. The average molecular weight is 485 g/mol. The first-order chi connectivity index (χ1) is 12.4. The number of halogens is 1. The van der Waals surface area contributed by atoms with E-state index in [0.29, 0.717) is 17.8 Å². The maximum atomic E-state index is 12.8. The molecule has 0 spiro atoms. The van der Waals surface area contributed by atoms with E-state index >= 15 is 0 Å². The van der Waals surface area contributed by atoms with Crippen LogP contribution in [0.2, 0.25) is 0 Å². The van der Waals surface area contributed by atoms with Crippen LogP contribution in [0.3, 0.4) is 0 Å². The number of hydrogen-bond donors (Lipinski definition) is 0. The molecular formula is C21H32IN3O2. The topological polar surface area (TPSA) is 48.0 Å². The molecule has 1 saturated carbocycles. The Morgan fingerprint density at radius 3 is 2.81 bits per heavy atom. The smallest absolute Gasteiger partial charge is 0.348 e. The highest BCUT2D eigenvalue weighted by Gasteiger charge is 2.34. The fraction of sp³-hybridized carbons (Fsp3) is 0.667. The molecule has 0 bridgehead atoms. The highest BCUT2D eigenvalue weighted by atomic mass is 127. The third-order valence-electron chi connectivity index (χ3n) is 5.98. The van der Waals surface area contributed by atoms with Gasteiger partial charge in [0.1, 0.15) is 6.10 Å². The zero-order valence-electron chi connectivity index (χ0n) is 17.1. The van der Waals surface area contributed by atoms with Gasteiger partial charge in [-0.15, -0.1) is 0 Å². The van der Waals surface area contributed by atoms with Crippen molar-refractivity contribution in [2.45, 2.75) is 66.0 Å². The molecule has 0 unspecified atom stereocenters. The van der Waals surface area contributed by atoms with Crippen molar-refractivity contribution in [1.29, 1.82) is 0 Å². The zero-order valence-corrected chi connectivity index (χ0v) is 19.3. The number of fused-ring (bicyclic) bond motifs is 1. The van der Waals surface area contributed by atoms with Gasteiger partial charge in [0.25, 0.3) is 5.82 Å². The normalized spacial score (nSPS) is 22.7. The van der Waals surface area contributed by atoms with E-state index in [-0.39, 0.29) is 42.6 Å². The van der Waals surface area contributed by atoms with E-state index in [1.54, 1.807) is 6.20 Å². The summed E-state index contributed by atoms with van der Waals surface area (Å²) in [6, 6.07) is 1.97. The van der Waals surface area contributed by atoms with E-state index in [9.17, 15) is 4.79 Å². The summed E-state index contributed by atoms with van der Waals surface area (Å²) >= 11 is 0. The number of aryl methyl sites for hydroxylation is 1. The molecule has 1 aliphatic carbocycles. The molecule has 0 N–H and O–H groups in total. The van der Waals surface area contributed by atoms with Gasteiger partial charge in [-0.3, -0.25) is 4.98 Å². The van der Waals surface area contributed by atoms with Crippen LogP contribution in [-0.2, 0) is 29.5 Å². The lowest BCUT2D eigenvalue weighted by molar-refractivity contribution is -0.668. The molecule has 3 rings (SSSR count). The van der Waals surface area contributed by atoms with Crippen molar-refractivity contribution >= 4 is 17.0 Å². The fourth-order valence-electron chi connectivity index (χ4n) is 4.51. The Morgan fingerprint density at radius 2 is 2.15 bits per heavy atom. The van der Waals surface area contributed by atoms with E-state index in [0.717, 1.165) is 36.1 Å². The summed E-state index contributed by atoms with van der Waals surface area (Å²) in [5, 5.41) is 0. The highest BCUT2D eigenvalue weighted by Crippen LogP contribution is 2.35. The summed E-state index contributed by atoms with van der Waals surface area (Å²) in [5.74, 6) is 2.64. The molecule has 0 aliphatic heterocycles. The standard InChI is InChI=1S/C21H32N3O2.HI/c1-6-20-23(5)18-12-22-10-9-17(18)24(20)13-21(25)26-19-11-15(4)7-8-16(19)14(2)3;/h9-10,12,14-16,19H,6-8,11,13H2,1-5H3;1H/q+1;/p-1/t15-,16+,19-;/m1./s1. The summed E-state index contributed by atoms with van der Waals surface area (Å²) in [7, 11) is 2.03. The second-order valence-electron chi connectivity index (χ2n) is 8.13. The van der Waals surface area contributed by atoms with Crippen molar-refractivity contribution in [2.75, 3.05) is 0 Å². The SMILES string of the molecule is CCc1n(C)c2cnccc2[n+]1CC(=O)O[C@@H]1C[C@H](C)CC[C@H]1C(C)C.[I-]. The minimum absolute atomic E-state index is 0. The van der Waals surface area contributed by atoms with Crippen LogP contribution >= 0.6 is 0 Å². The summed E-state index contributed by atoms with van der Waals surface area (Å²) in [6.07, 6.45) is 7.92. The second-order valence-corrected chi connectivity index (χ2v) is 8.13. The van der Waals surface area contributed by atoms with Crippen molar-refractivity contribution < 1.29 is 38.1 Å². The van der Waals surface area contributed by atoms with Gasteiger partial charge in [-0.05, 0) is 30.6 Å². The molecule has 0 aromatic carbocycles. The predicted molar refractivity (Wildman–Crippen MR) is 102 cm³/mol. The molecule has 0 amide bonds. The Hall–Kier alpha value is -1.18. The summed E-state index contributed by atoms with van der Waals surface area (Å²) in [5.41, 5.74) is 2.08. The maximum absolute atomic E-state index is 12.8. The van der Waals surface area contributed by atoms with Crippen molar-refractivity contribution in [2.24, 2.45) is 24.8 Å². The van der Waals surface area contributed by atoms with E-state index < -0.39 is 0 Å². The number of carbonyl (C=O) groups is 1. The largest absolute Gasteiger partial charge is 1.00 e. The molecule has 2 aromatic rings. The van der Waals surface area contributed by atoms with Crippen LogP contribution in [0.5, 0.6) is 0 Å². The van der Waals surface area contributed by atoms with Gasteiger partial charge in [0.15, 0.2) is 17.6 Å². The summed E-state index contributed by atoms with van der Waals surface area (Å²) < 4.78 is 10.2. The second kappa shape index (κ2) is 9.34. The van der Waals surface area contributed by atoms with Gasteiger partial charge in [0, 0.05) is 18.7 Å². The van der Waals surface area contributed by atoms with Crippen LogP contribution in [0, 0.1) is 17.8 Å². The first kappa shape index (κ1) is 22.1. The predicted octanol–water partition coefficient (Wildman–Crippen LogP) is 0.431. The molecule has 150 valence electrons. The van der Waals surface area contributed by atoms with E-state index in [1.165, 1.54) is 6.42 Å². The Kier molecular flexibility index (Phi) is 7.65. The quantitative estimate of drug-likeness (QED) is 0.351. The van der Waals surface area contributed by atoms with Crippen LogP contribution in [-0.4, -0.2) is 21.6 Å². The number of hydrogen-bond acceptors (Lipinski definition) is 3. The van der Waals surface area contributed by atoms with Crippen molar-refractivity contribution in [3.63, 3.8) is 0 Å². The fourth-order valence-corrected chi connectivity index (χ4v) is 4.51. The number of pyridine rings is 1. The molecule has 0 saturated heterocycles. The minimum Gasteiger partial charge on any atom is -1.00 e. The molecule has 27 heavy (non-hydrogen) atoms. The van der Waals surface area contributed by atoms with Gasteiger partial charge in [0.05, 0.1) is 13.2 Å². The van der Waals surface area contributed by atoms with Crippen LogP contribution in [0.1, 0.15) is 52.8 Å². The summed E-state index contributed by atoms with van der Waals surface area (Å²) in [4.78, 5) is 17.0. The highest BCUT2D eigenvalue weighted by molar-refractivity contribution is 5.73. The lowest BCUT2D eigenvalue weighted by Crippen LogP contribution is -3.00. The molecule has 2 aromatic heterocycles. The molecule has 1 aliphatic rings. The third kappa shape index (κ3) is 4.63. The number of ether oxygens (including phenoxy) is 1. The molecule has 0 radical (unpaired) electrons. The Bertz CT molecular complexity index is 787. The molecular weight excluding hydrogens is 453 g/mol. The molecule has 2 heterocycles. The van der Waals surface area contributed by atoms with Gasteiger partial charge >= 0.3 is 5.97 Å². The van der Waals surface area contributed by atoms with Gasteiger partial charge in [-0.25, -0.2) is 13.9 Å². The molecule has 6 heteroatoms. The molecule has 5 nitrogen and oxygen atoms in total. The Labute approximate surface area is 179 Å². The van der Waals surface area contributed by atoms with Crippen molar-refractivity contribution in [3.05, 3.63) is 24.3 Å². The number of esters is 1.